The largest absolute Gasteiger partial charge is 0.493 e. The maximum Gasteiger partial charge on any atom is 0.387 e. The van der Waals surface area contributed by atoms with Crippen LogP contribution in [0.5, 0.6) is 11.5 Å². The van der Waals surface area contributed by atoms with E-state index >= 15 is 0 Å². The third kappa shape index (κ3) is 4.19. The first-order chi connectivity index (χ1) is 10.6. The average molecular weight is 313 g/mol. The predicted octanol–water partition coefficient (Wildman–Crippen LogP) is 2.71. The molecule has 7 heteroatoms. The maximum atomic E-state index is 12.5. The second-order valence-electron chi connectivity index (χ2n) is 4.49. The van der Waals surface area contributed by atoms with Crippen molar-refractivity contribution in [3.63, 3.8) is 0 Å². The number of alkyl halides is 2. The minimum Gasteiger partial charge on any atom is -0.493 e. The lowest BCUT2D eigenvalue weighted by molar-refractivity contribution is -0.0519. The van der Waals surface area contributed by atoms with E-state index in [1.54, 1.807) is 30.3 Å². The minimum atomic E-state index is -2.94. The summed E-state index contributed by atoms with van der Waals surface area (Å²) >= 11 is 0. The summed E-state index contributed by atoms with van der Waals surface area (Å²) in [4.78, 5) is 0. The van der Waals surface area contributed by atoms with E-state index in [9.17, 15) is 13.9 Å². The number of nitrogens with one attached hydrogen (secondary N) is 1. The van der Waals surface area contributed by atoms with E-state index in [0.717, 1.165) is 0 Å². The van der Waals surface area contributed by atoms with Crippen LogP contribution in [0.15, 0.2) is 41.0 Å². The zero-order valence-electron chi connectivity index (χ0n) is 12.0. The van der Waals surface area contributed by atoms with Gasteiger partial charge in [-0.15, -0.1) is 0 Å². The van der Waals surface area contributed by atoms with Gasteiger partial charge in [0.1, 0.15) is 11.9 Å². The Kier molecular flexibility index (Phi) is 5.74. The van der Waals surface area contributed by atoms with Crippen LogP contribution in [0.1, 0.15) is 17.4 Å². The Labute approximate surface area is 126 Å². The molecule has 0 aliphatic carbocycles. The zero-order chi connectivity index (χ0) is 15.9. The highest BCUT2D eigenvalue weighted by Crippen LogP contribution is 2.32. The molecular formula is C15H17F2NO4. The Hall–Kier alpha value is -2.12. The maximum absolute atomic E-state index is 12.5. The second-order valence-corrected chi connectivity index (χ2v) is 4.49. The van der Waals surface area contributed by atoms with Gasteiger partial charge in [0.2, 0.25) is 0 Å². The van der Waals surface area contributed by atoms with E-state index in [4.69, 9.17) is 9.15 Å². The van der Waals surface area contributed by atoms with Crippen molar-refractivity contribution in [2.75, 3.05) is 13.7 Å². The highest BCUT2D eigenvalue weighted by atomic mass is 19.3. The Morgan fingerprint density at radius 1 is 1.27 bits per heavy atom. The van der Waals surface area contributed by atoms with Crippen LogP contribution in [-0.4, -0.2) is 25.4 Å². The molecule has 0 saturated carbocycles. The molecule has 0 fully saturated rings. The summed E-state index contributed by atoms with van der Waals surface area (Å²) in [7, 11) is 1.38. The topological polar surface area (TPSA) is 63.9 Å². The summed E-state index contributed by atoms with van der Waals surface area (Å²) in [6.07, 6.45) is 0.648. The summed E-state index contributed by atoms with van der Waals surface area (Å²) in [5, 5.41) is 12.8. The van der Waals surface area contributed by atoms with Crippen molar-refractivity contribution in [1.82, 2.24) is 5.32 Å². The summed E-state index contributed by atoms with van der Waals surface area (Å²) in [6.45, 7) is -2.50. The van der Waals surface area contributed by atoms with Crippen molar-refractivity contribution in [1.29, 1.82) is 0 Å². The van der Waals surface area contributed by atoms with Gasteiger partial charge in [-0.25, -0.2) is 0 Å². The lowest BCUT2D eigenvalue weighted by Crippen LogP contribution is -2.21. The van der Waals surface area contributed by atoms with Crippen molar-refractivity contribution in [3.8, 4) is 11.5 Å². The van der Waals surface area contributed by atoms with Crippen LogP contribution in [0.3, 0.4) is 0 Å². The molecule has 2 N–H and O–H groups in total. The molecule has 0 spiro atoms. The van der Waals surface area contributed by atoms with Gasteiger partial charge in [0.15, 0.2) is 11.5 Å². The Morgan fingerprint density at radius 3 is 2.73 bits per heavy atom. The van der Waals surface area contributed by atoms with Crippen LogP contribution < -0.4 is 14.8 Å². The molecule has 0 radical (unpaired) electrons. The molecule has 120 valence electrons. The van der Waals surface area contributed by atoms with Gasteiger partial charge in [0.05, 0.1) is 13.4 Å². The van der Waals surface area contributed by atoms with Crippen molar-refractivity contribution >= 4 is 0 Å². The smallest absolute Gasteiger partial charge is 0.387 e. The van der Waals surface area contributed by atoms with E-state index < -0.39 is 12.7 Å². The van der Waals surface area contributed by atoms with Gasteiger partial charge in [-0.1, -0.05) is 12.1 Å². The third-order valence-electron chi connectivity index (χ3n) is 3.01. The molecule has 0 aliphatic heterocycles. The summed E-state index contributed by atoms with van der Waals surface area (Å²) in [5.41, 5.74) is 0.506. The van der Waals surface area contributed by atoms with Gasteiger partial charge >= 0.3 is 6.61 Å². The van der Waals surface area contributed by atoms with Gasteiger partial charge < -0.3 is 24.3 Å². The number of benzene rings is 1. The molecule has 22 heavy (non-hydrogen) atoms. The normalized spacial score (nSPS) is 12.4. The Morgan fingerprint density at radius 2 is 2.09 bits per heavy atom. The molecule has 1 heterocycles. The van der Waals surface area contributed by atoms with Gasteiger partial charge in [-0.3, -0.25) is 0 Å². The third-order valence-corrected chi connectivity index (χ3v) is 3.01. The standard InChI is InChI=1S/C15H17F2NO4/c1-20-13-5-2-4-10(14(13)22-15(16)17)8-18-9-11(19)12-6-3-7-21-12/h2-7,11,15,18-19H,8-9H2,1H3. The number of ether oxygens (including phenoxy) is 2. The number of hydrogen-bond acceptors (Lipinski definition) is 5. The highest BCUT2D eigenvalue weighted by Gasteiger charge is 2.16. The molecule has 2 rings (SSSR count). The monoisotopic (exact) mass is 313 g/mol. The van der Waals surface area contributed by atoms with Crippen LogP contribution in [-0.2, 0) is 6.54 Å². The van der Waals surface area contributed by atoms with Crippen LogP contribution in [0.4, 0.5) is 8.78 Å². The Bertz CT molecular complexity index is 575. The number of hydrogen-bond donors (Lipinski definition) is 2. The summed E-state index contributed by atoms with van der Waals surface area (Å²) in [6, 6.07) is 8.20. The molecule has 0 bridgehead atoms. The average Bonchev–Trinajstić information content (AvgIpc) is 3.02. The lowest BCUT2D eigenvalue weighted by Gasteiger charge is -2.15. The van der Waals surface area contributed by atoms with Crippen molar-refractivity contribution in [2.45, 2.75) is 19.3 Å². The van der Waals surface area contributed by atoms with E-state index in [-0.39, 0.29) is 24.6 Å². The molecule has 5 nitrogen and oxygen atoms in total. The predicted molar refractivity (Wildman–Crippen MR) is 75.0 cm³/mol. The van der Waals surface area contributed by atoms with Crippen LogP contribution >= 0.6 is 0 Å². The fraction of sp³-hybridized carbons (Fsp3) is 0.333. The van der Waals surface area contributed by atoms with Crippen LogP contribution in [0.2, 0.25) is 0 Å². The number of rotatable bonds is 8. The van der Waals surface area contributed by atoms with Gasteiger partial charge in [0.25, 0.3) is 0 Å². The summed E-state index contributed by atoms with van der Waals surface area (Å²) in [5.74, 6) is 0.647. The van der Waals surface area contributed by atoms with Gasteiger partial charge in [-0.05, 0) is 18.2 Å². The quantitative estimate of drug-likeness (QED) is 0.784. The molecule has 2 aromatic rings. The SMILES string of the molecule is COc1cccc(CNCC(O)c2ccco2)c1OC(F)F. The zero-order valence-corrected chi connectivity index (χ0v) is 12.0. The number of furan rings is 1. The van der Waals surface area contributed by atoms with Gasteiger partial charge in [0, 0.05) is 18.7 Å². The number of aliphatic hydroxyl groups is 1. The first-order valence-corrected chi connectivity index (χ1v) is 6.64. The van der Waals surface area contributed by atoms with Gasteiger partial charge in [-0.2, -0.15) is 8.78 Å². The lowest BCUT2D eigenvalue weighted by atomic mass is 10.1. The Balaban J connectivity index is 1.99. The van der Waals surface area contributed by atoms with Crippen LogP contribution in [0, 0.1) is 0 Å². The molecule has 1 atom stereocenters. The summed E-state index contributed by atoms with van der Waals surface area (Å²) < 4.78 is 39.6. The fourth-order valence-electron chi connectivity index (χ4n) is 2.01. The number of methoxy groups -OCH3 is 1. The molecular weight excluding hydrogens is 296 g/mol. The first kappa shape index (κ1) is 16.3. The van der Waals surface area contributed by atoms with E-state index in [1.165, 1.54) is 13.4 Å². The van der Waals surface area contributed by atoms with E-state index in [2.05, 4.69) is 10.1 Å². The number of aliphatic hydroxyl groups excluding tert-OH is 1. The van der Waals surface area contributed by atoms with E-state index in [0.29, 0.717) is 11.3 Å². The molecule has 0 amide bonds. The van der Waals surface area contributed by atoms with Crippen LogP contribution in [0.25, 0.3) is 0 Å². The van der Waals surface area contributed by atoms with Crippen molar-refractivity contribution in [3.05, 3.63) is 47.9 Å². The molecule has 0 aliphatic rings. The molecule has 1 aromatic carbocycles. The molecule has 1 unspecified atom stereocenters. The fourth-order valence-corrected chi connectivity index (χ4v) is 2.01. The first-order valence-electron chi connectivity index (χ1n) is 6.64. The number of halogens is 2. The van der Waals surface area contributed by atoms with Crippen molar-refractivity contribution < 1.29 is 27.8 Å². The van der Waals surface area contributed by atoms with Crippen molar-refractivity contribution in [2.24, 2.45) is 0 Å². The number of para-hydroxylation sites is 1. The van der Waals surface area contributed by atoms with E-state index in [1.807, 2.05) is 0 Å². The minimum absolute atomic E-state index is 0.0139. The highest BCUT2D eigenvalue weighted by molar-refractivity contribution is 5.46. The molecule has 0 saturated heterocycles. The molecule has 1 aromatic heterocycles. The second kappa shape index (κ2) is 7.77.